The number of carbonyl (C=O) groups is 1. The SMILES string of the molecule is O=C(O)CC1CCCN(CCCN2c3ccccc3CCc3ccccc32)C1. The average molecular weight is 379 g/mol. The zero-order chi connectivity index (χ0) is 19.3. The van der Waals surface area contributed by atoms with Crippen molar-refractivity contribution in [3.63, 3.8) is 0 Å². The van der Waals surface area contributed by atoms with Crippen LogP contribution in [-0.2, 0) is 17.6 Å². The van der Waals surface area contributed by atoms with Crippen molar-refractivity contribution in [1.82, 2.24) is 4.90 Å². The summed E-state index contributed by atoms with van der Waals surface area (Å²) in [5, 5.41) is 9.09. The lowest BCUT2D eigenvalue weighted by Crippen LogP contribution is -2.37. The van der Waals surface area contributed by atoms with Gasteiger partial charge >= 0.3 is 5.97 Å². The molecule has 4 heteroatoms. The number of piperidine rings is 1. The Morgan fingerprint density at radius 1 is 0.964 bits per heavy atom. The molecule has 1 fully saturated rings. The summed E-state index contributed by atoms with van der Waals surface area (Å²) < 4.78 is 0. The van der Waals surface area contributed by atoms with Crippen molar-refractivity contribution in [2.75, 3.05) is 31.1 Å². The van der Waals surface area contributed by atoms with Crippen LogP contribution in [0.15, 0.2) is 48.5 Å². The smallest absolute Gasteiger partial charge is 0.303 e. The minimum Gasteiger partial charge on any atom is -0.481 e. The van der Waals surface area contributed by atoms with Gasteiger partial charge in [0.2, 0.25) is 0 Å². The van der Waals surface area contributed by atoms with Crippen molar-refractivity contribution >= 4 is 17.3 Å². The number of rotatable bonds is 6. The van der Waals surface area contributed by atoms with Crippen LogP contribution in [-0.4, -0.2) is 42.2 Å². The number of hydrogen-bond donors (Lipinski definition) is 1. The number of aliphatic carboxylic acids is 1. The molecular weight excluding hydrogens is 348 g/mol. The van der Waals surface area contributed by atoms with E-state index in [-0.39, 0.29) is 0 Å². The van der Waals surface area contributed by atoms with Crippen LogP contribution in [0.25, 0.3) is 0 Å². The molecule has 2 aromatic carbocycles. The highest BCUT2D eigenvalue weighted by molar-refractivity contribution is 5.71. The molecule has 4 nitrogen and oxygen atoms in total. The van der Waals surface area contributed by atoms with Crippen LogP contribution in [0, 0.1) is 5.92 Å². The number of likely N-dealkylation sites (tertiary alicyclic amines) is 1. The molecule has 0 amide bonds. The molecule has 4 rings (SSSR count). The van der Waals surface area contributed by atoms with Crippen LogP contribution in [0.3, 0.4) is 0 Å². The first-order chi connectivity index (χ1) is 13.7. The Morgan fingerprint density at radius 3 is 2.25 bits per heavy atom. The Labute approximate surface area is 167 Å². The maximum atomic E-state index is 11.0. The Balaban J connectivity index is 1.44. The summed E-state index contributed by atoms with van der Waals surface area (Å²) in [7, 11) is 0. The molecule has 2 heterocycles. The molecule has 2 aliphatic rings. The summed E-state index contributed by atoms with van der Waals surface area (Å²) >= 11 is 0. The molecule has 1 N–H and O–H groups in total. The van der Waals surface area contributed by atoms with Gasteiger partial charge in [0.05, 0.1) is 0 Å². The fourth-order valence-corrected chi connectivity index (χ4v) is 4.83. The predicted octanol–water partition coefficient (Wildman–Crippen LogP) is 4.50. The number of benzene rings is 2. The van der Waals surface area contributed by atoms with E-state index in [1.807, 2.05) is 0 Å². The lowest BCUT2D eigenvalue weighted by atomic mass is 9.95. The van der Waals surface area contributed by atoms with Gasteiger partial charge in [-0.25, -0.2) is 0 Å². The van der Waals surface area contributed by atoms with E-state index in [0.29, 0.717) is 12.3 Å². The second-order valence-electron chi connectivity index (χ2n) is 8.17. The van der Waals surface area contributed by atoms with Crippen LogP contribution >= 0.6 is 0 Å². The Hall–Kier alpha value is -2.33. The molecule has 1 saturated heterocycles. The largest absolute Gasteiger partial charge is 0.481 e. The number of fused-ring (bicyclic) bond motifs is 2. The van der Waals surface area contributed by atoms with Crippen molar-refractivity contribution in [2.24, 2.45) is 5.92 Å². The summed E-state index contributed by atoms with van der Waals surface area (Å²) in [4.78, 5) is 16.0. The van der Waals surface area contributed by atoms with Gasteiger partial charge < -0.3 is 14.9 Å². The molecule has 0 bridgehead atoms. The Kier molecular flexibility index (Phi) is 5.96. The molecule has 0 radical (unpaired) electrons. The van der Waals surface area contributed by atoms with Gasteiger partial charge in [0.25, 0.3) is 0 Å². The maximum Gasteiger partial charge on any atom is 0.303 e. The molecule has 0 saturated carbocycles. The zero-order valence-electron chi connectivity index (χ0n) is 16.5. The van der Waals surface area contributed by atoms with Crippen LogP contribution < -0.4 is 4.90 Å². The van der Waals surface area contributed by atoms with Crippen LogP contribution in [0.1, 0.15) is 36.8 Å². The van der Waals surface area contributed by atoms with Crippen molar-refractivity contribution in [1.29, 1.82) is 0 Å². The normalized spacial score (nSPS) is 19.6. The fraction of sp³-hybridized carbons (Fsp3) is 0.458. The van der Waals surface area contributed by atoms with Crippen LogP contribution in [0.2, 0.25) is 0 Å². The van der Waals surface area contributed by atoms with Gasteiger partial charge in [0.1, 0.15) is 0 Å². The van der Waals surface area contributed by atoms with Crippen molar-refractivity contribution in [3.8, 4) is 0 Å². The quantitative estimate of drug-likeness (QED) is 0.804. The van der Waals surface area contributed by atoms with Gasteiger partial charge in [-0.05, 0) is 74.4 Å². The second-order valence-corrected chi connectivity index (χ2v) is 8.17. The minimum atomic E-state index is -0.662. The van der Waals surface area contributed by atoms with E-state index in [9.17, 15) is 4.79 Å². The summed E-state index contributed by atoms with van der Waals surface area (Å²) in [5.74, 6) is -0.351. The Morgan fingerprint density at radius 2 is 1.61 bits per heavy atom. The van der Waals surface area contributed by atoms with Gasteiger partial charge in [-0.1, -0.05) is 36.4 Å². The standard InChI is InChI=1S/C24H30N2O2/c27-24(28)17-19-7-5-14-25(18-19)15-6-16-26-22-10-3-1-8-20(22)12-13-21-9-2-4-11-23(21)26/h1-4,8-11,19H,5-7,12-18H2,(H,27,28). The van der Waals surface area contributed by atoms with E-state index < -0.39 is 5.97 Å². The van der Waals surface area contributed by atoms with Crippen molar-refractivity contribution in [2.45, 2.75) is 38.5 Å². The summed E-state index contributed by atoms with van der Waals surface area (Å²) in [6.07, 6.45) is 5.74. The minimum absolute atomic E-state index is 0.309. The number of anilines is 2. The molecule has 0 aromatic heterocycles. The monoisotopic (exact) mass is 378 g/mol. The Bertz CT molecular complexity index is 772. The highest BCUT2D eigenvalue weighted by Gasteiger charge is 2.23. The molecule has 0 spiro atoms. The van der Waals surface area contributed by atoms with E-state index in [2.05, 4.69) is 58.3 Å². The molecule has 148 valence electrons. The van der Waals surface area contributed by atoms with E-state index in [1.165, 1.54) is 22.5 Å². The van der Waals surface area contributed by atoms with Gasteiger partial charge in [0.15, 0.2) is 0 Å². The highest BCUT2D eigenvalue weighted by Crippen LogP contribution is 2.36. The number of nitrogens with zero attached hydrogens (tertiary/aromatic N) is 2. The van der Waals surface area contributed by atoms with Crippen LogP contribution in [0.4, 0.5) is 11.4 Å². The molecule has 2 aliphatic heterocycles. The van der Waals surface area contributed by atoms with E-state index in [4.69, 9.17) is 5.11 Å². The third kappa shape index (κ3) is 4.39. The number of carboxylic acid groups (broad SMARTS) is 1. The third-order valence-corrected chi connectivity index (χ3v) is 6.15. The number of para-hydroxylation sites is 2. The van der Waals surface area contributed by atoms with Gasteiger partial charge in [0, 0.05) is 30.9 Å². The second kappa shape index (κ2) is 8.78. The zero-order valence-corrected chi connectivity index (χ0v) is 16.5. The fourth-order valence-electron chi connectivity index (χ4n) is 4.83. The van der Waals surface area contributed by atoms with Gasteiger partial charge in [-0.15, -0.1) is 0 Å². The van der Waals surface area contributed by atoms with Crippen molar-refractivity contribution < 1.29 is 9.90 Å². The number of aryl methyl sites for hydroxylation is 2. The first kappa shape index (κ1) is 19.0. The first-order valence-corrected chi connectivity index (χ1v) is 10.6. The third-order valence-electron chi connectivity index (χ3n) is 6.15. The topological polar surface area (TPSA) is 43.8 Å². The van der Waals surface area contributed by atoms with E-state index >= 15 is 0 Å². The van der Waals surface area contributed by atoms with Crippen molar-refractivity contribution in [3.05, 3.63) is 59.7 Å². The predicted molar refractivity (Wildman–Crippen MR) is 113 cm³/mol. The first-order valence-electron chi connectivity index (χ1n) is 10.6. The number of carboxylic acids is 1. The molecule has 1 atom stereocenters. The summed E-state index contributed by atoms with van der Waals surface area (Å²) in [6.45, 7) is 4.06. The lowest BCUT2D eigenvalue weighted by molar-refractivity contribution is -0.138. The summed E-state index contributed by atoms with van der Waals surface area (Å²) in [6, 6.07) is 17.6. The van der Waals surface area contributed by atoms with Gasteiger partial charge in [-0.3, -0.25) is 4.79 Å². The highest BCUT2D eigenvalue weighted by atomic mass is 16.4. The van der Waals surface area contributed by atoms with Crippen LogP contribution in [0.5, 0.6) is 0 Å². The molecule has 2 aromatic rings. The lowest BCUT2D eigenvalue weighted by Gasteiger charge is -2.33. The number of hydrogen-bond acceptors (Lipinski definition) is 3. The van der Waals surface area contributed by atoms with E-state index in [1.54, 1.807) is 0 Å². The molecular formula is C24H30N2O2. The van der Waals surface area contributed by atoms with E-state index in [0.717, 1.165) is 58.3 Å². The average Bonchev–Trinajstić information content (AvgIpc) is 2.85. The van der Waals surface area contributed by atoms with Gasteiger partial charge in [-0.2, -0.15) is 0 Å². The maximum absolute atomic E-state index is 11.0. The molecule has 0 aliphatic carbocycles. The molecule has 1 unspecified atom stereocenters. The summed E-state index contributed by atoms with van der Waals surface area (Å²) in [5.41, 5.74) is 5.54. The molecule has 28 heavy (non-hydrogen) atoms.